The summed E-state index contributed by atoms with van der Waals surface area (Å²) < 4.78 is 5.13. The van der Waals surface area contributed by atoms with E-state index in [4.69, 9.17) is 4.74 Å². The van der Waals surface area contributed by atoms with Gasteiger partial charge in [-0.25, -0.2) is 4.79 Å². The number of aliphatic hydroxyl groups is 2. The number of hydrogen-bond acceptors (Lipinski definition) is 4. The van der Waals surface area contributed by atoms with E-state index in [1.54, 1.807) is 0 Å². The van der Waals surface area contributed by atoms with Gasteiger partial charge in [-0.3, -0.25) is 0 Å². The highest BCUT2D eigenvalue weighted by atomic mass is 16.5. The average molecular weight is 377 g/mol. The zero-order valence-electron chi connectivity index (χ0n) is 15.5. The molecule has 0 aliphatic heterocycles. The summed E-state index contributed by atoms with van der Waals surface area (Å²) in [6.45, 7) is 0.0535. The highest BCUT2D eigenvalue weighted by Crippen LogP contribution is 2.35. The molecule has 1 amide bonds. The minimum absolute atomic E-state index is 0.0995. The molecule has 0 spiro atoms. The Bertz CT molecular complexity index is 976. The first-order valence-corrected chi connectivity index (χ1v) is 9.47. The molecule has 1 aliphatic rings. The van der Waals surface area contributed by atoms with Crippen LogP contribution in [0.25, 0.3) is 10.8 Å². The molecule has 0 fully saturated rings. The van der Waals surface area contributed by atoms with Gasteiger partial charge in [-0.2, -0.15) is 0 Å². The van der Waals surface area contributed by atoms with Gasteiger partial charge in [-0.05, 0) is 45.9 Å². The van der Waals surface area contributed by atoms with E-state index >= 15 is 0 Å². The Labute approximate surface area is 163 Å². The minimum Gasteiger partial charge on any atom is -0.445 e. The maximum Gasteiger partial charge on any atom is 0.407 e. The second-order valence-electron chi connectivity index (χ2n) is 7.11. The molecule has 144 valence electrons. The average Bonchev–Trinajstić information content (AvgIpc) is 3.16. The highest BCUT2D eigenvalue weighted by Gasteiger charge is 2.24. The van der Waals surface area contributed by atoms with Gasteiger partial charge in [0.25, 0.3) is 0 Å². The zero-order chi connectivity index (χ0) is 19.5. The molecule has 5 heteroatoms. The largest absolute Gasteiger partial charge is 0.445 e. The van der Waals surface area contributed by atoms with Gasteiger partial charge in [0.2, 0.25) is 0 Å². The molecule has 4 rings (SSSR count). The summed E-state index contributed by atoms with van der Waals surface area (Å²) in [6.07, 6.45) is -0.856. The number of carbonyl (C=O) groups excluding carboxylic acids is 1. The van der Waals surface area contributed by atoms with Crippen molar-refractivity contribution in [3.05, 3.63) is 82.9 Å². The molecule has 0 aromatic heterocycles. The van der Waals surface area contributed by atoms with Crippen molar-refractivity contribution in [1.82, 2.24) is 5.32 Å². The monoisotopic (exact) mass is 377 g/mol. The number of aryl methyl sites for hydroxylation is 2. The van der Waals surface area contributed by atoms with Crippen molar-refractivity contribution in [2.75, 3.05) is 6.54 Å². The van der Waals surface area contributed by atoms with Crippen molar-refractivity contribution >= 4 is 16.9 Å². The minimum atomic E-state index is -1.14. The number of amides is 1. The Hall–Kier alpha value is -2.89. The van der Waals surface area contributed by atoms with Crippen molar-refractivity contribution in [3.63, 3.8) is 0 Å². The Balaban J connectivity index is 1.38. The third-order valence-electron chi connectivity index (χ3n) is 5.26. The number of nitrogens with one attached hydrogen (secondary N) is 1. The van der Waals surface area contributed by atoms with Gasteiger partial charge in [-0.1, -0.05) is 60.7 Å². The van der Waals surface area contributed by atoms with Crippen LogP contribution < -0.4 is 5.32 Å². The number of benzene rings is 3. The predicted molar refractivity (Wildman–Crippen MR) is 107 cm³/mol. The van der Waals surface area contributed by atoms with Crippen LogP contribution in [0.15, 0.2) is 60.7 Å². The van der Waals surface area contributed by atoms with Crippen LogP contribution in [0.4, 0.5) is 4.79 Å². The lowest BCUT2D eigenvalue weighted by Gasteiger charge is -2.20. The molecule has 3 N–H and O–H groups in total. The highest BCUT2D eigenvalue weighted by molar-refractivity contribution is 5.93. The molecule has 3 aromatic rings. The third-order valence-corrected chi connectivity index (χ3v) is 5.26. The summed E-state index contributed by atoms with van der Waals surface area (Å²) in [5.41, 5.74) is 4.11. The van der Waals surface area contributed by atoms with Gasteiger partial charge in [0.1, 0.15) is 18.8 Å². The van der Waals surface area contributed by atoms with E-state index in [0.29, 0.717) is 5.56 Å². The molecule has 0 heterocycles. The van der Waals surface area contributed by atoms with E-state index in [1.165, 1.54) is 16.5 Å². The summed E-state index contributed by atoms with van der Waals surface area (Å²) in [7, 11) is 0. The quantitative estimate of drug-likeness (QED) is 0.616. The van der Waals surface area contributed by atoms with Crippen molar-refractivity contribution in [3.8, 4) is 0 Å². The van der Waals surface area contributed by atoms with Gasteiger partial charge in [0.15, 0.2) is 0 Å². The number of ether oxygens (including phenoxy) is 1. The standard InChI is InChI=1S/C23H23NO4/c25-20(13-24-23(27)28-14-15-5-2-1-3-6-15)22(26)19-12-11-17-10-9-16-7-4-8-18(19)21(16)17/h1-8,11-12,20,22,25-26H,9-10,13-14H2,(H,24,27). The second-order valence-corrected chi connectivity index (χ2v) is 7.11. The molecule has 0 radical (unpaired) electrons. The van der Waals surface area contributed by atoms with Gasteiger partial charge < -0.3 is 20.3 Å². The van der Waals surface area contributed by atoms with Crippen molar-refractivity contribution in [2.45, 2.75) is 31.7 Å². The van der Waals surface area contributed by atoms with E-state index in [-0.39, 0.29) is 13.2 Å². The third kappa shape index (κ3) is 3.72. The zero-order valence-corrected chi connectivity index (χ0v) is 15.5. The molecule has 1 aliphatic carbocycles. The number of rotatable bonds is 6. The molecule has 2 atom stereocenters. The molecular weight excluding hydrogens is 354 g/mol. The van der Waals surface area contributed by atoms with Crippen LogP contribution in [0.3, 0.4) is 0 Å². The molecule has 0 saturated heterocycles. The fourth-order valence-corrected chi connectivity index (χ4v) is 3.81. The summed E-state index contributed by atoms with van der Waals surface area (Å²) in [5, 5.41) is 25.7. The van der Waals surface area contributed by atoms with Crippen LogP contribution >= 0.6 is 0 Å². The SMILES string of the molecule is O=C(NCC(O)C(O)c1ccc2c3c(cccc13)CC2)OCc1ccccc1. The van der Waals surface area contributed by atoms with Gasteiger partial charge in [-0.15, -0.1) is 0 Å². The van der Waals surface area contributed by atoms with E-state index in [2.05, 4.69) is 11.4 Å². The van der Waals surface area contributed by atoms with Crippen molar-refractivity contribution < 1.29 is 19.7 Å². The van der Waals surface area contributed by atoms with Crippen LogP contribution in [0.1, 0.15) is 28.4 Å². The van der Waals surface area contributed by atoms with Gasteiger partial charge in [0, 0.05) is 6.54 Å². The molecule has 3 aromatic carbocycles. The number of alkyl carbamates (subject to hydrolysis) is 1. The van der Waals surface area contributed by atoms with Crippen LogP contribution in [-0.2, 0) is 24.2 Å². The molecule has 0 saturated carbocycles. The Morgan fingerprint density at radius 1 is 0.964 bits per heavy atom. The van der Waals surface area contributed by atoms with Crippen molar-refractivity contribution in [2.24, 2.45) is 0 Å². The maximum absolute atomic E-state index is 11.9. The van der Waals surface area contributed by atoms with Gasteiger partial charge in [0.05, 0.1) is 0 Å². The lowest BCUT2D eigenvalue weighted by Crippen LogP contribution is -2.35. The normalized spacial score (nSPS) is 14.6. The summed E-state index contributed by atoms with van der Waals surface area (Å²) in [6, 6.07) is 19.3. The van der Waals surface area contributed by atoms with Crippen LogP contribution in [-0.4, -0.2) is 29.0 Å². The number of carbonyl (C=O) groups is 1. The lowest BCUT2D eigenvalue weighted by atomic mass is 9.94. The lowest BCUT2D eigenvalue weighted by molar-refractivity contribution is 0.0192. The Morgan fingerprint density at radius 3 is 2.50 bits per heavy atom. The van der Waals surface area contributed by atoms with E-state index in [0.717, 1.165) is 23.8 Å². The summed E-state index contributed by atoms with van der Waals surface area (Å²) in [5.74, 6) is 0. The summed E-state index contributed by atoms with van der Waals surface area (Å²) >= 11 is 0. The van der Waals surface area contributed by atoms with Crippen molar-refractivity contribution in [1.29, 1.82) is 0 Å². The fraction of sp³-hybridized carbons (Fsp3) is 0.261. The van der Waals surface area contributed by atoms with E-state index in [9.17, 15) is 15.0 Å². The first-order chi connectivity index (χ1) is 13.6. The topological polar surface area (TPSA) is 78.8 Å². The Morgan fingerprint density at radius 2 is 1.71 bits per heavy atom. The molecule has 5 nitrogen and oxygen atoms in total. The fourth-order valence-electron chi connectivity index (χ4n) is 3.81. The first kappa shape index (κ1) is 18.5. The smallest absolute Gasteiger partial charge is 0.407 e. The summed E-state index contributed by atoms with van der Waals surface area (Å²) in [4.78, 5) is 11.9. The first-order valence-electron chi connectivity index (χ1n) is 9.47. The number of hydrogen-bond donors (Lipinski definition) is 3. The maximum atomic E-state index is 11.9. The molecule has 2 unspecified atom stereocenters. The predicted octanol–water partition coefficient (Wildman–Crippen LogP) is 3.26. The number of aliphatic hydroxyl groups excluding tert-OH is 2. The van der Waals surface area contributed by atoms with E-state index in [1.807, 2.05) is 54.6 Å². The second kappa shape index (κ2) is 8.00. The Kier molecular flexibility index (Phi) is 5.28. The molecule has 0 bridgehead atoms. The van der Waals surface area contributed by atoms with Gasteiger partial charge >= 0.3 is 6.09 Å². The van der Waals surface area contributed by atoms with Crippen LogP contribution in [0.2, 0.25) is 0 Å². The van der Waals surface area contributed by atoms with E-state index < -0.39 is 18.3 Å². The molecular formula is C23H23NO4. The van der Waals surface area contributed by atoms with Crippen LogP contribution in [0, 0.1) is 0 Å². The van der Waals surface area contributed by atoms with Crippen LogP contribution in [0.5, 0.6) is 0 Å². The molecule has 28 heavy (non-hydrogen) atoms.